The van der Waals surface area contributed by atoms with E-state index in [1.54, 1.807) is 6.07 Å². The van der Waals surface area contributed by atoms with E-state index in [4.69, 9.17) is 23.2 Å². The van der Waals surface area contributed by atoms with Gasteiger partial charge in [0.15, 0.2) is 0 Å². The van der Waals surface area contributed by atoms with Gasteiger partial charge < -0.3 is 10.4 Å². The molecule has 0 spiro atoms. The van der Waals surface area contributed by atoms with E-state index in [1.165, 1.54) is 6.07 Å². The van der Waals surface area contributed by atoms with E-state index < -0.39 is 0 Å². The van der Waals surface area contributed by atoms with Gasteiger partial charge in [-0.15, -0.1) is 0 Å². The van der Waals surface area contributed by atoms with Crippen LogP contribution in [-0.2, 0) is 6.54 Å². The summed E-state index contributed by atoms with van der Waals surface area (Å²) in [6, 6.07) is 11.4. The number of nitrogens with one attached hydrogen (secondary N) is 1. The van der Waals surface area contributed by atoms with Gasteiger partial charge in [-0.2, -0.15) is 0 Å². The molecule has 20 heavy (non-hydrogen) atoms. The molecule has 0 fully saturated rings. The van der Waals surface area contributed by atoms with Crippen LogP contribution in [0.2, 0.25) is 10.0 Å². The number of halogens is 3. The molecule has 2 aromatic carbocycles. The topological polar surface area (TPSA) is 32.3 Å². The molecule has 0 unspecified atom stereocenters. The van der Waals surface area contributed by atoms with Crippen LogP contribution >= 0.6 is 39.1 Å². The van der Waals surface area contributed by atoms with Gasteiger partial charge >= 0.3 is 0 Å². The molecule has 106 valence electrons. The Balaban J connectivity index is 2.11. The van der Waals surface area contributed by atoms with Crippen molar-refractivity contribution in [3.8, 4) is 5.75 Å². The third-order valence-corrected chi connectivity index (χ3v) is 4.31. The molecular formula is C15H14BrCl2NO. The molecular weight excluding hydrogens is 361 g/mol. The maximum Gasteiger partial charge on any atom is 0.138 e. The Kier molecular flexibility index (Phi) is 5.33. The van der Waals surface area contributed by atoms with Crippen LogP contribution in [0.1, 0.15) is 24.1 Å². The van der Waals surface area contributed by atoms with Crippen LogP contribution in [0, 0.1) is 0 Å². The third kappa shape index (κ3) is 3.67. The summed E-state index contributed by atoms with van der Waals surface area (Å²) in [5, 5.41) is 14.0. The van der Waals surface area contributed by atoms with Crippen LogP contribution in [0.5, 0.6) is 5.75 Å². The summed E-state index contributed by atoms with van der Waals surface area (Å²) in [6.07, 6.45) is 0. The van der Waals surface area contributed by atoms with Gasteiger partial charge in [0.2, 0.25) is 0 Å². The Morgan fingerprint density at radius 1 is 1.25 bits per heavy atom. The van der Waals surface area contributed by atoms with Crippen molar-refractivity contribution in [2.45, 2.75) is 19.5 Å². The van der Waals surface area contributed by atoms with Crippen molar-refractivity contribution in [1.29, 1.82) is 0 Å². The van der Waals surface area contributed by atoms with Gasteiger partial charge in [0.05, 0.1) is 5.02 Å². The van der Waals surface area contributed by atoms with Crippen molar-refractivity contribution >= 4 is 39.1 Å². The van der Waals surface area contributed by atoms with Crippen LogP contribution in [0.3, 0.4) is 0 Å². The maximum absolute atomic E-state index is 9.92. The van der Waals surface area contributed by atoms with Crippen LogP contribution in [0.4, 0.5) is 0 Å². The lowest BCUT2D eigenvalue weighted by Crippen LogP contribution is -2.18. The lowest BCUT2D eigenvalue weighted by atomic mass is 10.1. The highest BCUT2D eigenvalue weighted by atomic mass is 79.9. The number of hydrogen-bond acceptors (Lipinski definition) is 2. The second-order valence-corrected chi connectivity index (χ2v) is 6.22. The predicted octanol–water partition coefficient (Wildman–Crippen LogP) is 5.31. The van der Waals surface area contributed by atoms with Crippen molar-refractivity contribution in [2.24, 2.45) is 0 Å². The van der Waals surface area contributed by atoms with E-state index in [0.29, 0.717) is 17.1 Å². The minimum absolute atomic E-state index is 0.0721. The highest BCUT2D eigenvalue weighted by Gasteiger charge is 2.11. The minimum atomic E-state index is 0.0721. The molecule has 0 aromatic heterocycles. The standard InChI is InChI=1S/C15H14BrCl2NO/c1-9(12-4-2-3-5-13(12)16)19-8-10-6-11(17)7-14(18)15(10)20/h2-7,9,19-20H,8H2,1H3/t9-/m1/s1. The van der Waals surface area contributed by atoms with E-state index in [2.05, 4.69) is 28.2 Å². The van der Waals surface area contributed by atoms with Crippen molar-refractivity contribution in [3.05, 3.63) is 62.0 Å². The molecule has 2 nitrogen and oxygen atoms in total. The lowest BCUT2D eigenvalue weighted by Gasteiger charge is -2.16. The third-order valence-electron chi connectivity index (χ3n) is 3.08. The normalized spacial score (nSPS) is 12.4. The molecule has 0 aliphatic rings. The summed E-state index contributed by atoms with van der Waals surface area (Å²) < 4.78 is 1.05. The van der Waals surface area contributed by atoms with E-state index in [0.717, 1.165) is 10.0 Å². The first kappa shape index (κ1) is 15.6. The molecule has 0 radical (unpaired) electrons. The molecule has 0 bridgehead atoms. The number of benzene rings is 2. The van der Waals surface area contributed by atoms with Gasteiger partial charge in [0.1, 0.15) is 5.75 Å². The van der Waals surface area contributed by atoms with Gasteiger partial charge in [0, 0.05) is 27.6 Å². The quantitative estimate of drug-likeness (QED) is 0.759. The molecule has 0 heterocycles. The van der Waals surface area contributed by atoms with Crippen molar-refractivity contribution < 1.29 is 5.11 Å². The molecule has 0 amide bonds. The summed E-state index contributed by atoms with van der Waals surface area (Å²) >= 11 is 15.4. The zero-order chi connectivity index (χ0) is 14.7. The monoisotopic (exact) mass is 373 g/mol. The number of hydrogen-bond donors (Lipinski definition) is 2. The van der Waals surface area contributed by atoms with Crippen molar-refractivity contribution in [2.75, 3.05) is 0 Å². The van der Waals surface area contributed by atoms with Crippen LogP contribution in [-0.4, -0.2) is 5.11 Å². The first-order valence-corrected chi connectivity index (χ1v) is 7.68. The number of phenolic OH excluding ortho intramolecular Hbond substituents is 1. The van der Waals surface area contributed by atoms with Crippen molar-refractivity contribution in [3.63, 3.8) is 0 Å². The fraction of sp³-hybridized carbons (Fsp3) is 0.200. The summed E-state index contributed by atoms with van der Waals surface area (Å²) in [5.74, 6) is 0.0721. The van der Waals surface area contributed by atoms with E-state index in [9.17, 15) is 5.11 Å². The van der Waals surface area contributed by atoms with Crippen LogP contribution in [0.15, 0.2) is 40.9 Å². The van der Waals surface area contributed by atoms with Gasteiger partial charge in [0.25, 0.3) is 0 Å². The maximum atomic E-state index is 9.92. The predicted molar refractivity (Wildman–Crippen MR) is 87.5 cm³/mol. The highest BCUT2D eigenvalue weighted by molar-refractivity contribution is 9.10. The molecule has 0 saturated carbocycles. The first-order chi connectivity index (χ1) is 9.49. The molecule has 2 rings (SSSR count). The average Bonchev–Trinajstić information content (AvgIpc) is 2.41. The van der Waals surface area contributed by atoms with Gasteiger partial charge in [-0.1, -0.05) is 57.3 Å². The zero-order valence-corrected chi connectivity index (χ0v) is 13.9. The summed E-state index contributed by atoms with van der Waals surface area (Å²) in [7, 11) is 0. The van der Waals surface area contributed by atoms with E-state index in [1.807, 2.05) is 24.3 Å². The number of rotatable bonds is 4. The average molecular weight is 375 g/mol. The number of phenols is 1. The SMILES string of the molecule is C[C@@H](NCc1cc(Cl)cc(Cl)c1O)c1ccccc1Br. The summed E-state index contributed by atoms with van der Waals surface area (Å²) in [6.45, 7) is 2.54. The summed E-state index contributed by atoms with van der Waals surface area (Å²) in [4.78, 5) is 0. The van der Waals surface area contributed by atoms with Gasteiger partial charge in [-0.05, 0) is 30.7 Å². The molecule has 0 aliphatic carbocycles. The first-order valence-electron chi connectivity index (χ1n) is 6.13. The Morgan fingerprint density at radius 3 is 2.65 bits per heavy atom. The highest BCUT2D eigenvalue weighted by Crippen LogP contribution is 2.31. The van der Waals surface area contributed by atoms with Gasteiger partial charge in [-0.3, -0.25) is 0 Å². The van der Waals surface area contributed by atoms with Gasteiger partial charge in [-0.25, -0.2) is 0 Å². The Morgan fingerprint density at radius 2 is 1.95 bits per heavy atom. The molecule has 2 N–H and O–H groups in total. The molecule has 5 heteroatoms. The molecule has 2 aromatic rings. The minimum Gasteiger partial charge on any atom is -0.506 e. The van der Waals surface area contributed by atoms with E-state index in [-0.39, 0.29) is 16.8 Å². The molecule has 1 atom stereocenters. The van der Waals surface area contributed by atoms with Crippen molar-refractivity contribution in [1.82, 2.24) is 5.32 Å². The zero-order valence-electron chi connectivity index (χ0n) is 10.8. The second-order valence-electron chi connectivity index (χ2n) is 4.52. The molecule has 0 saturated heterocycles. The fourth-order valence-electron chi connectivity index (χ4n) is 1.95. The fourth-order valence-corrected chi connectivity index (χ4v) is 3.12. The van der Waals surface area contributed by atoms with Crippen LogP contribution < -0.4 is 5.32 Å². The van der Waals surface area contributed by atoms with E-state index >= 15 is 0 Å². The Labute approximate surface area is 136 Å². The number of aromatic hydroxyl groups is 1. The smallest absolute Gasteiger partial charge is 0.138 e. The Hall–Kier alpha value is -0.740. The largest absolute Gasteiger partial charge is 0.506 e. The summed E-state index contributed by atoms with van der Waals surface area (Å²) in [5.41, 5.74) is 1.83. The molecule has 0 aliphatic heterocycles. The lowest BCUT2D eigenvalue weighted by molar-refractivity contribution is 0.460. The van der Waals surface area contributed by atoms with Crippen LogP contribution in [0.25, 0.3) is 0 Å². The Bertz CT molecular complexity index is 619. The second kappa shape index (κ2) is 6.81.